The Labute approximate surface area is 75.9 Å². The number of imidazole rings is 1. The van der Waals surface area contributed by atoms with E-state index in [1.165, 1.54) is 16.3 Å². The van der Waals surface area contributed by atoms with Gasteiger partial charge in [-0.1, -0.05) is 6.92 Å². The van der Waals surface area contributed by atoms with E-state index in [1.54, 1.807) is 11.3 Å². The minimum Gasteiger partial charge on any atom is -0.292 e. The van der Waals surface area contributed by atoms with E-state index in [4.69, 9.17) is 0 Å². The van der Waals surface area contributed by atoms with Gasteiger partial charge in [0.25, 0.3) is 0 Å². The second-order valence-electron chi connectivity index (χ2n) is 2.96. The highest BCUT2D eigenvalue weighted by atomic mass is 32.1. The van der Waals surface area contributed by atoms with Crippen molar-refractivity contribution in [3.8, 4) is 0 Å². The monoisotopic (exact) mass is 180 g/mol. The Morgan fingerprint density at radius 1 is 1.50 bits per heavy atom. The van der Waals surface area contributed by atoms with Crippen LogP contribution in [-0.2, 0) is 6.42 Å². The first-order chi connectivity index (χ1) is 5.74. The van der Waals surface area contributed by atoms with Crippen LogP contribution in [0.25, 0.3) is 4.96 Å². The molecule has 0 aliphatic carbocycles. The average Bonchev–Trinajstić information content (AvgIpc) is 2.55. The highest BCUT2D eigenvalue weighted by molar-refractivity contribution is 7.17. The molecule has 2 heterocycles. The molecule has 2 aromatic rings. The van der Waals surface area contributed by atoms with Crippen LogP contribution in [0.4, 0.5) is 0 Å². The topological polar surface area (TPSA) is 17.3 Å². The van der Waals surface area contributed by atoms with Gasteiger partial charge < -0.3 is 0 Å². The van der Waals surface area contributed by atoms with Crippen LogP contribution in [0.5, 0.6) is 0 Å². The number of thiazole rings is 1. The first-order valence-corrected chi connectivity index (χ1v) is 4.98. The first kappa shape index (κ1) is 7.80. The van der Waals surface area contributed by atoms with E-state index in [1.807, 2.05) is 6.20 Å². The van der Waals surface area contributed by atoms with Gasteiger partial charge in [0.1, 0.15) is 0 Å². The maximum absolute atomic E-state index is 4.35. The molecular formula is C9H12N2S. The third-order valence-corrected chi connectivity index (χ3v) is 3.33. The van der Waals surface area contributed by atoms with Gasteiger partial charge in [0.05, 0.1) is 6.20 Å². The highest BCUT2D eigenvalue weighted by Crippen LogP contribution is 2.22. The number of hydrogen-bond donors (Lipinski definition) is 0. The van der Waals surface area contributed by atoms with Crippen molar-refractivity contribution in [2.24, 2.45) is 0 Å². The normalized spacial score (nSPS) is 11.2. The molecule has 0 amide bonds. The summed E-state index contributed by atoms with van der Waals surface area (Å²) < 4.78 is 2.25. The number of aromatic nitrogens is 2. The fraction of sp³-hybridized carbons (Fsp3) is 0.444. The zero-order valence-electron chi connectivity index (χ0n) is 7.59. The molecule has 2 rings (SSSR count). The van der Waals surface area contributed by atoms with Gasteiger partial charge in [0, 0.05) is 16.3 Å². The van der Waals surface area contributed by atoms with Crippen LogP contribution in [0.1, 0.15) is 23.2 Å². The predicted octanol–water partition coefficient (Wildman–Crippen LogP) is 2.58. The second-order valence-corrected chi connectivity index (χ2v) is 4.15. The number of rotatable bonds is 1. The zero-order chi connectivity index (χ0) is 8.72. The molecule has 3 heteroatoms. The van der Waals surface area contributed by atoms with Crippen molar-refractivity contribution >= 4 is 16.3 Å². The number of nitrogens with zero attached hydrogens (tertiary/aromatic N) is 2. The molecule has 0 saturated carbocycles. The second kappa shape index (κ2) is 2.59. The molecule has 0 radical (unpaired) electrons. The lowest BCUT2D eigenvalue weighted by molar-refractivity contribution is 0.968. The van der Waals surface area contributed by atoms with Gasteiger partial charge in [-0.3, -0.25) is 4.40 Å². The molecule has 0 fully saturated rings. The van der Waals surface area contributed by atoms with E-state index in [0.717, 1.165) is 11.4 Å². The summed E-state index contributed by atoms with van der Waals surface area (Å²) in [6.45, 7) is 6.46. The maximum Gasteiger partial charge on any atom is 0.194 e. The smallest absolute Gasteiger partial charge is 0.194 e. The molecule has 2 aromatic heterocycles. The van der Waals surface area contributed by atoms with E-state index >= 15 is 0 Å². The summed E-state index contributed by atoms with van der Waals surface area (Å²) in [5.41, 5.74) is 2.65. The standard InChI is InChI=1S/C9H12N2S/c1-4-8-5-10-9-11(8)6(2)7(3)12-9/h5H,4H2,1-3H3. The van der Waals surface area contributed by atoms with Crippen molar-refractivity contribution in [1.29, 1.82) is 0 Å². The van der Waals surface area contributed by atoms with Crippen LogP contribution >= 0.6 is 11.3 Å². The first-order valence-electron chi connectivity index (χ1n) is 4.16. The zero-order valence-corrected chi connectivity index (χ0v) is 8.40. The van der Waals surface area contributed by atoms with Gasteiger partial charge in [0.15, 0.2) is 4.96 Å². The maximum atomic E-state index is 4.35. The van der Waals surface area contributed by atoms with E-state index in [2.05, 4.69) is 30.2 Å². The number of fused-ring (bicyclic) bond motifs is 1. The lowest BCUT2D eigenvalue weighted by Crippen LogP contribution is -1.90. The fourth-order valence-corrected chi connectivity index (χ4v) is 2.38. The van der Waals surface area contributed by atoms with E-state index in [0.29, 0.717) is 0 Å². The van der Waals surface area contributed by atoms with Gasteiger partial charge in [-0.05, 0) is 20.3 Å². The molecule has 0 bridgehead atoms. The lowest BCUT2D eigenvalue weighted by atomic mass is 10.3. The Kier molecular flexibility index (Phi) is 1.68. The molecule has 0 N–H and O–H groups in total. The average molecular weight is 180 g/mol. The molecule has 0 aromatic carbocycles. The van der Waals surface area contributed by atoms with E-state index < -0.39 is 0 Å². The van der Waals surface area contributed by atoms with Gasteiger partial charge in [0.2, 0.25) is 0 Å². The largest absolute Gasteiger partial charge is 0.292 e. The molecule has 0 spiro atoms. The van der Waals surface area contributed by atoms with E-state index in [9.17, 15) is 0 Å². The van der Waals surface area contributed by atoms with Crippen molar-refractivity contribution in [3.05, 3.63) is 22.5 Å². The summed E-state index contributed by atoms with van der Waals surface area (Å²) in [6.07, 6.45) is 3.02. The molecular weight excluding hydrogens is 168 g/mol. The van der Waals surface area contributed by atoms with Crippen LogP contribution in [0.15, 0.2) is 6.20 Å². The Hall–Kier alpha value is -0.830. The quantitative estimate of drug-likeness (QED) is 0.659. The summed E-state index contributed by atoms with van der Waals surface area (Å²) in [7, 11) is 0. The van der Waals surface area contributed by atoms with Crippen molar-refractivity contribution in [2.75, 3.05) is 0 Å². The van der Waals surface area contributed by atoms with E-state index in [-0.39, 0.29) is 0 Å². The predicted molar refractivity (Wildman–Crippen MR) is 51.9 cm³/mol. The Morgan fingerprint density at radius 3 is 2.92 bits per heavy atom. The number of aryl methyl sites for hydroxylation is 3. The van der Waals surface area contributed by atoms with Gasteiger partial charge in [-0.25, -0.2) is 4.98 Å². The van der Waals surface area contributed by atoms with Crippen LogP contribution in [0.3, 0.4) is 0 Å². The Balaban J connectivity index is 2.82. The molecule has 0 saturated heterocycles. The summed E-state index contributed by atoms with van der Waals surface area (Å²) in [4.78, 5) is 6.85. The molecule has 0 unspecified atom stereocenters. The Morgan fingerprint density at radius 2 is 2.25 bits per heavy atom. The van der Waals surface area contributed by atoms with Crippen LogP contribution < -0.4 is 0 Å². The summed E-state index contributed by atoms with van der Waals surface area (Å²) in [5, 5.41) is 0. The molecule has 0 atom stereocenters. The van der Waals surface area contributed by atoms with Crippen molar-refractivity contribution in [3.63, 3.8) is 0 Å². The highest BCUT2D eigenvalue weighted by Gasteiger charge is 2.08. The molecule has 2 nitrogen and oxygen atoms in total. The van der Waals surface area contributed by atoms with Gasteiger partial charge in [-0.15, -0.1) is 11.3 Å². The molecule has 0 aliphatic heterocycles. The molecule has 12 heavy (non-hydrogen) atoms. The van der Waals surface area contributed by atoms with Crippen LogP contribution in [-0.4, -0.2) is 9.38 Å². The van der Waals surface area contributed by atoms with Gasteiger partial charge >= 0.3 is 0 Å². The van der Waals surface area contributed by atoms with Crippen molar-refractivity contribution < 1.29 is 0 Å². The van der Waals surface area contributed by atoms with Crippen LogP contribution in [0, 0.1) is 13.8 Å². The van der Waals surface area contributed by atoms with Crippen molar-refractivity contribution in [2.45, 2.75) is 27.2 Å². The summed E-state index contributed by atoms with van der Waals surface area (Å²) in [6, 6.07) is 0. The summed E-state index contributed by atoms with van der Waals surface area (Å²) >= 11 is 1.77. The minimum absolute atomic E-state index is 1.05. The summed E-state index contributed by atoms with van der Waals surface area (Å²) in [5.74, 6) is 0. The molecule has 64 valence electrons. The lowest BCUT2D eigenvalue weighted by Gasteiger charge is -1.95. The van der Waals surface area contributed by atoms with Crippen molar-refractivity contribution in [1.82, 2.24) is 9.38 Å². The fourth-order valence-electron chi connectivity index (χ4n) is 1.42. The Bertz CT molecular complexity index is 411. The third kappa shape index (κ3) is 0.894. The van der Waals surface area contributed by atoms with Gasteiger partial charge in [-0.2, -0.15) is 0 Å². The molecule has 0 aliphatic rings. The number of hydrogen-bond acceptors (Lipinski definition) is 2. The SMILES string of the molecule is CCc1cnc2sc(C)c(C)n12. The third-order valence-electron chi connectivity index (χ3n) is 2.25. The van der Waals surface area contributed by atoms with Crippen LogP contribution in [0.2, 0.25) is 0 Å². The minimum atomic E-state index is 1.05.